The maximum Gasteiger partial charge on any atom is 0.161 e. The molecule has 0 saturated heterocycles. The van der Waals surface area contributed by atoms with Crippen molar-refractivity contribution in [2.24, 2.45) is 5.92 Å². The fraction of sp³-hybridized carbons (Fsp3) is 0.875. The second kappa shape index (κ2) is 2.35. The molecule has 0 spiro atoms. The molecule has 0 unspecified atom stereocenters. The molecule has 0 aromatic carbocycles. The van der Waals surface area contributed by atoms with Gasteiger partial charge >= 0.3 is 0 Å². The van der Waals surface area contributed by atoms with Crippen LogP contribution in [0, 0.1) is 5.92 Å². The highest BCUT2D eigenvalue weighted by Gasteiger charge is 2.45. The first-order valence-electron chi connectivity index (χ1n) is 3.67. The SMILES string of the molecule is CO[C@](C)(C(C)=O)C1CC1. The Morgan fingerprint density at radius 2 is 2.10 bits per heavy atom. The van der Waals surface area contributed by atoms with Gasteiger partial charge in [0.1, 0.15) is 5.60 Å². The van der Waals surface area contributed by atoms with E-state index < -0.39 is 5.60 Å². The lowest BCUT2D eigenvalue weighted by molar-refractivity contribution is -0.139. The molecular formula is C8H14O2. The summed E-state index contributed by atoms with van der Waals surface area (Å²) in [6.07, 6.45) is 2.29. The zero-order valence-electron chi connectivity index (χ0n) is 6.81. The third-order valence-corrected chi connectivity index (χ3v) is 2.48. The van der Waals surface area contributed by atoms with Crippen LogP contribution in [-0.2, 0) is 9.53 Å². The number of hydrogen-bond acceptors (Lipinski definition) is 2. The monoisotopic (exact) mass is 142 g/mol. The Morgan fingerprint density at radius 1 is 1.60 bits per heavy atom. The highest BCUT2D eigenvalue weighted by atomic mass is 16.5. The minimum Gasteiger partial charge on any atom is -0.370 e. The van der Waals surface area contributed by atoms with E-state index in [9.17, 15) is 4.79 Å². The Bertz CT molecular complexity index is 149. The van der Waals surface area contributed by atoms with Crippen LogP contribution in [0.1, 0.15) is 26.7 Å². The van der Waals surface area contributed by atoms with Crippen molar-refractivity contribution < 1.29 is 9.53 Å². The van der Waals surface area contributed by atoms with E-state index >= 15 is 0 Å². The minimum atomic E-state index is -0.486. The van der Waals surface area contributed by atoms with Crippen molar-refractivity contribution in [1.29, 1.82) is 0 Å². The van der Waals surface area contributed by atoms with Crippen LogP contribution in [0.4, 0.5) is 0 Å². The molecule has 1 aliphatic carbocycles. The lowest BCUT2D eigenvalue weighted by Gasteiger charge is -2.24. The number of rotatable bonds is 3. The molecule has 0 bridgehead atoms. The Labute approximate surface area is 61.6 Å². The van der Waals surface area contributed by atoms with Gasteiger partial charge < -0.3 is 4.74 Å². The molecule has 0 aromatic heterocycles. The van der Waals surface area contributed by atoms with Gasteiger partial charge in [-0.05, 0) is 32.6 Å². The van der Waals surface area contributed by atoms with E-state index in [1.54, 1.807) is 14.0 Å². The van der Waals surface area contributed by atoms with Gasteiger partial charge in [0.05, 0.1) is 0 Å². The average Bonchev–Trinajstić information content (AvgIpc) is 2.67. The van der Waals surface area contributed by atoms with Gasteiger partial charge in [-0.1, -0.05) is 0 Å². The van der Waals surface area contributed by atoms with Crippen molar-refractivity contribution in [3.05, 3.63) is 0 Å². The third-order valence-electron chi connectivity index (χ3n) is 2.48. The van der Waals surface area contributed by atoms with Crippen LogP contribution in [0.15, 0.2) is 0 Å². The first-order valence-corrected chi connectivity index (χ1v) is 3.67. The average molecular weight is 142 g/mol. The molecule has 2 nitrogen and oxygen atoms in total. The van der Waals surface area contributed by atoms with Crippen LogP contribution in [0.2, 0.25) is 0 Å². The summed E-state index contributed by atoms with van der Waals surface area (Å²) in [7, 11) is 1.61. The van der Waals surface area contributed by atoms with E-state index in [1.165, 1.54) is 0 Å². The molecule has 1 aliphatic rings. The fourth-order valence-corrected chi connectivity index (χ4v) is 1.23. The predicted octanol–water partition coefficient (Wildman–Crippen LogP) is 1.39. The van der Waals surface area contributed by atoms with Crippen molar-refractivity contribution in [3.8, 4) is 0 Å². The number of hydrogen-bond donors (Lipinski definition) is 0. The van der Waals surface area contributed by atoms with Gasteiger partial charge in [-0.15, -0.1) is 0 Å². The molecule has 0 radical (unpaired) electrons. The lowest BCUT2D eigenvalue weighted by Crippen LogP contribution is -2.37. The summed E-state index contributed by atoms with van der Waals surface area (Å²) in [5.41, 5.74) is -0.486. The number of ketones is 1. The third kappa shape index (κ3) is 1.08. The molecule has 2 heteroatoms. The van der Waals surface area contributed by atoms with Crippen LogP contribution in [-0.4, -0.2) is 18.5 Å². The summed E-state index contributed by atoms with van der Waals surface area (Å²) in [5, 5.41) is 0. The van der Waals surface area contributed by atoms with E-state index in [2.05, 4.69) is 0 Å². The van der Waals surface area contributed by atoms with Gasteiger partial charge in [0.25, 0.3) is 0 Å². The summed E-state index contributed by atoms with van der Waals surface area (Å²) in [4.78, 5) is 11.1. The normalized spacial score (nSPS) is 23.9. The maximum absolute atomic E-state index is 11.1. The molecule has 0 aromatic rings. The predicted molar refractivity (Wildman–Crippen MR) is 38.8 cm³/mol. The maximum atomic E-state index is 11.1. The number of carbonyl (C=O) groups excluding carboxylic acids is 1. The van der Waals surface area contributed by atoms with E-state index in [-0.39, 0.29) is 5.78 Å². The fourth-order valence-electron chi connectivity index (χ4n) is 1.23. The van der Waals surface area contributed by atoms with Gasteiger partial charge in [0, 0.05) is 7.11 Å². The number of ether oxygens (including phenoxy) is 1. The summed E-state index contributed by atoms with van der Waals surface area (Å²) in [5.74, 6) is 0.632. The molecule has 0 N–H and O–H groups in total. The highest BCUT2D eigenvalue weighted by Crippen LogP contribution is 2.41. The Kier molecular flexibility index (Phi) is 1.82. The molecule has 10 heavy (non-hydrogen) atoms. The van der Waals surface area contributed by atoms with E-state index in [0.717, 1.165) is 12.8 Å². The standard InChI is InChI=1S/C8H14O2/c1-6(9)8(2,10-3)7-4-5-7/h7H,4-5H2,1-3H3/t8-/m1/s1. The topological polar surface area (TPSA) is 26.3 Å². The van der Waals surface area contributed by atoms with Crippen molar-refractivity contribution in [2.45, 2.75) is 32.3 Å². The zero-order chi connectivity index (χ0) is 7.78. The Balaban J connectivity index is 2.65. The number of methoxy groups -OCH3 is 1. The summed E-state index contributed by atoms with van der Waals surface area (Å²) in [6.45, 7) is 3.48. The molecular weight excluding hydrogens is 128 g/mol. The van der Waals surface area contributed by atoms with Crippen LogP contribution < -0.4 is 0 Å². The molecule has 1 saturated carbocycles. The van der Waals surface area contributed by atoms with Crippen molar-refractivity contribution >= 4 is 5.78 Å². The molecule has 0 aliphatic heterocycles. The quantitative estimate of drug-likeness (QED) is 0.595. The Morgan fingerprint density at radius 3 is 2.20 bits per heavy atom. The van der Waals surface area contributed by atoms with Gasteiger partial charge in [0.15, 0.2) is 5.78 Å². The zero-order valence-corrected chi connectivity index (χ0v) is 6.81. The van der Waals surface area contributed by atoms with Crippen molar-refractivity contribution in [3.63, 3.8) is 0 Å². The van der Waals surface area contributed by atoms with Crippen LogP contribution in [0.3, 0.4) is 0 Å². The summed E-state index contributed by atoms with van der Waals surface area (Å²) < 4.78 is 5.17. The summed E-state index contributed by atoms with van der Waals surface area (Å²) >= 11 is 0. The molecule has 1 atom stereocenters. The molecule has 1 fully saturated rings. The van der Waals surface area contributed by atoms with Gasteiger partial charge in [0.2, 0.25) is 0 Å². The second-order valence-electron chi connectivity index (χ2n) is 3.14. The van der Waals surface area contributed by atoms with Crippen molar-refractivity contribution in [2.75, 3.05) is 7.11 Å². The number of Topliss-reactive ketones (excluding diaryl/α,β-unsaturated/α-hetero) is 1. The first kappa shape index (κ1) is 7.73. The smallest absolute Gasteiger partial charge is 0.161 e. The highest BCUT2D eigenvalue weighted by molar-refractivity contribution is 5.85. The van der Waals surface area contributed by atoms with Gasteiger partial charge in [-0.3, -0.25) is 4.79 Å². The number of carbonyl (C=O) groups is 1. The van der Waals surface area contributed by atoms with Gasteiger partial charge in [-0.2, -0.15) is 0 Å². The molecule has 0 amide bonds. The molecule has 1 rings (SSSR count). The van der Waals surface area contributed by atoms with Crippen molar-refractivity contribution in [1.82, 2.24) is 0 Å². The van der Waals surface area contributed by atoms with Crippen LogP contribution in [0.25, 0.3) is 0 Å². The van der Waals surface area contributed by atoms with Crippen LogP contribution in [0.5, 0.6) is 0 Å². The molecule has 58 valence electrons. The largest absolute Gasteiger partial charge is 0.370 e. The van der Waals surface area contributed by atoms with E-state index in [4.69, 9.17) is 4.74 Å². The Hall–Kier alpha value is -0.370. The van der Waals surface area contributed by atoms with E-state index in [1.807, 2.05) is 6.92 Å². The van der Waals surface area contributed by atoms with Gasteiger partial charge in [-0.25, -0.2) is 0 Å². The first-order chi connectivity index (χ1) is 4.61. The molecule has 0 heterocycles. The van der Waals surface area contributed by atoms with E-state index in [0.29, 0.717) is 5.92 Å². The minimum absolute atomic E-state index is 0.150. The second-order valence-corrected chi connectivity index (χ2v) is 3.14. The van der Waals surface area contributed by atoms with Crippen LogP contribution >= 0.6 is 0 Å². The lowest BCUT2D eigenvalue weighted by atomic mass is 9.96. The summed E-state index contributed by atoms with van der Waals surface area (Å²) in [6, 6.07) is 0.